The van der Waals surface area contributed by atoms with E-state index in [1.807, 2.05) is 0 Å². The van der Waals surface area contributed by atoms with Crippen LogP contribution in [0.1, 0.15) is 12.8 Å². The number of hydrogen-bond acceptors (Lipinski definition) is 2. The first-order chi connectivity index (χ1) is 7.17. The maximum absolute atomic E-state index is 12.0. The van der Waals surface area contributed by atoms with E-state index in [0.29, 0.717) is 17.3 Å². The van der Waals surface area contributed by atoms with Gasteiger partial charge in [0.25, 0.3) is 0 Å². The summed E-state index contributed by atoms with van der Waals surface area (Å²) in [6.07, 6.45) is 6.82. The third-order valence-electron chi connectivity index (χ3n) is 5.07. The molecule has 3 fully saturated rings. The van der Waals surface area contributed by atoms with E-state index >= 15 is 0 Å². The second-order valence-corrected chi connectivity index (χ2v) is 5.46. The first kappa shape index (κ1) is 8.08. The van der Waals surface area contributed by atoms with E-state index in [2.05, 4.69) is 12.2 Å². The van der Waals surface area contributed by atoms with Crippen molar-refractivity contribution in [1.29, 1.82) is 0 Å². The van der Waals surface area contributed by atoms with E-state index < -0.39 is 0 Å². The lowest BCUT2D eigenvalue weighted by molar-refractivity contribution is -0.139. The first-order valence-corrected chi connectivity index (χ1v) is 5.66. The van der Waals surface area contributed by atoms with Gasteiger partial charge >= 0.3 is 0 Å². The quantitative estimate of drug-likeness (QED) is 0.431. The summed E-state index contributed by atoms with van der Waals surface area (Å²) in [6, 6.07) is 0. The lowest BCUT2D eigenvalue weighted by Crippen LogP contribution is -2.31. The zero-order valence-corrected chi connectivity index (χ0v) is 8.64. The smallest absolute Gasteiger partial charge is 0.233 e. The number of nitrogens with zero attached hydrogens (tertiary/aromatic N) is 1. The molecule has 3 heteroatoms. The molecule has 2 saturated carbocycles. The van der Waals surface area contributed by atoms with Gasteiger partial charge in [0.2, 0.25) is 11.8 Å². The summed E-state index contributed by atoms with van der Waals surface area (Å²) < 4.78 is 0. The molecular formula is C12H13NO2. The highest BCUT2D eigenvalue weighted by Crippen LogP contribution is 2.73. The predicted molar refractivity (Wildman–Crippen MR) is 52.5 cm³/mol. The van der Waals surface area contributed by atoms with Crippen molar-refractivity contribution in [3.63, 3.8) is 0 Å². The molecule has 0 N–H and O–H groups in total. The number of amides is 2. The highest BCUT2D eigenvalue weighted by atomic mass is 16.2. The molecule has 0 unspecified atom stereocenters. The minimum Gasteiger partial charge on any atom is -0.285 e. The zero-order valence-electron chi connectivity index (χ0n) is 8.64. The standard InChI is InChI=1S/C12H13NO2/c1-13-10(14)8-6-2-3-7(9(8)11(13)15)12(6)4-5-12/h2-3,6-9H,4-5H2,1H3/t6-,7-,8+,9+/m1/s1. The third kappa shape index (κ3) is 0.638. The van der Waals surface area contributed by atoms with Crippen LogP contribution >= 0.6 is 0 Å². The van der Waals surface area contributed by atoms with Gasteiger partial charge < -0.3 is 0 Å². The van der Waals surface area contributed by atoms with Gasteiger partial charge in [-0.1, -0.05) is 12.2 Å². The fourth-order valence-corrected chi connectivity index (χ4v) is 4.23. The van der Waals surface area contributed by atoms with Crippen molar-refractivity contribution < 1.29 is 9.59 Å². The van der Waals surface area contributed by atoms with Crippen LogP contribution in [0.4, 0.5) is 0 Å². The molecule has 4 atom stereocenters. The number of imide groups is 1. The Morgan fingerprint density at radius 2 is 1.60 bits per heavy atom. The minimum absolute atomic E-state index is 0.0139. The normalized spacial score (nSPS) is 48.2. The van der Waals surface area contributed by atoms with Crippen molar-refractivity contribution in [3.8, 4) is 0 Å². The Labute approximate surface area is 88.1 Å². The molecule has 4 aliphatic rings. The van der Waals surface area contributed by atoms with Gasteiger partial charge in [0.05, 0.1) is 11.8 Å². The van der Waals surface area contributed by atoms with Gasteiger partial charge in [0, 0.05) is 7.05 Å². The second kappa shape index (κ2) is 2.04. The van der Waals surface area contributed by atoms with Crippen molar-refractivity contribution in [3.05, 3.63) is 12.2 Å². The highest BCUT2D eigenvalue weighted by Gasteiger charge is 2.72. The SMILES string of the molecule is CN1C(=O)[C@@H]2[C@@H](C1=O)[C@H]1C=C[C@H]2C12CC2. The van der Waals surface area contributed by atoms with Crippen molar-refractivity contribution in [2.45, 2.75) is 12.8 Å². The van der Waals surface area contributed by atoms with Crippen molar-refractivity contribution in [2.75, 3.05) is 7.05 Å². The van der Waals surface area contributed by atoms with Crippen molar-refractivity contribution >= 4 is 11.8 Å². The van der Waals surface area contributed by atoms with Gasteiger partial charge in [0.1, 0.15) is 0 Å². The van der Waals surface area contributed by atoms with Gasteiger partial charge in [-0.25, -0.2) is 0 Å². The van der Waals surface area contributed by atoms with Crippen LogP contribution < -0.4 is 0 Å². The first-order valence-electron chi connectivity index (χ1n) is 5.66. The number of carbonyl (C=O) groups excluding carboxylic acids is 2. The Bertz CT molecular complexity index is 387. The molecule has 4 rings (SSSR count). The number of likely N-dealkylation sites (tertiary alicyclic amines) is 1. The second-order valence-electron chi connectivity index (χ2n) is 5.46. The molecule has 0 aromatic rings. The molecule has 2 bridgehead atoms. The van der Waals surface area contributed by atoms with Crippen LogP contribution in [0, 0.1) is 29.1 Å². The number of hydrogen-bond donors (Lipinski definition) is 0. The number of carbonyl (C=O) groups is 2. The Morgan fingerprint density at radius 3 is 2.00 bits per heavy atom. The van der Waals surface area contributed by atoms with E-state index in [0.717, 1.165) is 0 Å². The maximum atomic E-state index is 12.0. The molecule has 0 radical (unpaired) electrons. The number of rotatable bonds is 0. The summed E-state index contributed by atoms with van der Waals surface area (Å²) in [5.41, 5.74) is 0.335. The van der Waals surface area contributed by atoms with Crippen LogP contribution in [0.25, 0.3) is 0 Å². The molecule has 1 spiro atoms. The van der Waals surface area contributed by atoms with E-state index in [1.54, 1.807) is 7.05 Å². The minimum atomic E-state index is -0.0139. The molecule has 1 heterocycles. The van der Waals surface area contributed by atoms with E-state index in [1.165, 1.54) is 17.7 Å². The molecule has 1 saturated heterocycles. The van der Waals surface area contributed by atoms with E-state index in [-0.39, 0.29) is 23.7 Å². The fraction of sp³-hybridized carbons (Fsp3) is 0.667. The number of allylic oxidation sites excluding steroid dienone is 2. The topological polar surface area (TPSA) is 37.4 Å². The summed E-state index contributed by atoms with van der Waals surface area (Å²) in [7, 11) is 1.63. The summed E-state index contributed by atoms with van der Waals surface area (Å²) in [4.78, 5) is 25.3. The average molecular weight is 203 g/mol. The zero-order chi connectivity index (χ0) is 10.4. The Kier molecular flexibility index (Phi) is 1.10. The largest absolute Gasteiger partial charge is 0.285 e. The monoisotopic (exact) mass is 203 g/mol. The molecule has 15 heavy (non-hydrogen) atoms. The summed E-state index contributed by atoms with van der Waals surface area (Å²) in [6.45, 7) is 0. The van der Waals surface area contributed by atoms with Crippen LogP contribution in [0.2, 0.25) is 0 Å². The van der Waals surface area contributed by atoms with Crippen LogP contribution in [0.15, 0.2) is 12.2 Å². The van der Waals surface area contributed by atoms with Crippen molar-refractivity contribution in [1.82, 2.24) is 4.90 Å². The molecular weight excluding hydrogens is 190 g/mol. The van der Waals surface area contributed by atoms with Gasteiger partial charge in [-0.05, 0) is 30.1 Å². The van der Waals surface area contributed by atoms with E-state index in [9.17, 15) is 9.59 Å². The van der Waals surface area contributed by atoms with Crippen LogP contribution in [0.3, 0.4) is 0 Å². The molecule has 3 aliphatic carbocycles. The van der Waals surface area contributed by atoms with Crippen LogP contribution in [0.5, 0.6) is 0 Å². The highest BCUT2D eigenvalue weighted by molar-refractivity contribution is 6.06. The molecule has 2 amide bonds. The summed E-state index contributed by atoms with van der Waals surface area (Å²) in [5, 5.41) is 0. The maximum Gasteiger partial charge on any atom is 0.233 e. The molecule has 0 aromatic carbocycles. The Balaban J connectivity index is 1.87. The average Bonchev–Trinajstić information content (AvgIpc) is 2.85. The van der Waals surface area contributed by atoms with E-state index in [4.69, 9.17) is 0 Å². The molecule has 0 aromatic heterocycles. The summed E-state index contributed by atoms with van der Waals surface area (Å²) >= 11 is 0. The van der Waals surface area contributed by atoms with Crippen LogP contribution in [-0.2, 0) is 9.59 Å². The lowest BCUT2D eigenvalue weighted by atomic mass is 9.85. The summed E-state index contributed by atoms with van der Waals surface area (Å²) in [5.74, 6) is 0.837. The predicted octanol–water partition coefficient (Wildman–Crippen LogP) is 0.813. The number of fused-ring (bicyclic) bond motifs is 3. The lowest BCUT2D eigenvalue weighted by Gasteiger charge is -2.18. The Morgan fingerprint density at radius 1 is 1.13 bits per heavy atom. The Hall–Kier alpha value is -1.12. The van der Waals surface area contributed by atoms with Gasteiger partial charge in [-0.3, -0.25) is 14.5 Å². The molecule has 1 aliphatic heterocycles. The van der Waals surface area contributed by atoms with Crippen molar-refractivity contribution in [2.24, 2.45) is 29.1 Å². The third-order valence-corrected chi connectivity index (χ3v) is 5.07. The fourth-order valence-electron chi connectivity index (χ4n) is 4.23. The van der Waals surface area contributed by atoms with Gasteiger partial charge in [0.15, 0.2) is 0 Å². The molecule has 78 valence electrons. The van der Waals surface area contributed by atoms with Crippen LogP contribution in [-0.4, -0.2) is 23.8 Å². The van der Waals surface area contributed by atoms with Gasteiger partial charge in [-0.2, -0.15) is 0 Å². The van der Waals surface area contributed by atoms with Gasteiger partial charge in [-0.15, -0.1) is 0 Å². The molecule has 3 nitrogen and oxygen atoms in total.